The Morgan fingerprint density at radius 3 is 2.69 bits per heavy atom. The molecule has 0 aromatic heterocycles. The highest BCUT2D eigenvalue weighted by Gasteiger charge is 1.99. The van der Waals surface area contributed by atoms with E-state index in [-0.39, 0.29) is 11.3 Å². The van der Waals surface area contributed by atoms with Crippen molar-refractivity contribution in [1.82, 2.24) is 0 Å². The van der Waals surface area contributed by atoms with Crippen LogP contribution in [-0.2, 0) is 9.53 Å². The maximum absolute atomic E-state index is 10.9. The molecule has 0 saturated carbocycles. The molecule has 2 nitrogen and oxygen atoms in total. The van der Waals surface area contributed by atoms with Gasteiger partial charge in [-0.2, -0.15) is 0 Å². The fourth-order valence-corrected chi connectivity index (χ4v) is 1.10. The first-order valence-corrected chi connectivity index (χ1v) is 5.13. The summed E-state index contributed by atoms with van der Waals surface area (Å²) in [4.78, 5) is 10.9. The average Bonchev–Trinajstić information content (AvgIpc) is 2.12. The van der Waals surface area contributed by atoms with E-state index in [1.165, 1.54) is 6.08 Å². The molecule has 0 saturated heterocycles. The Bertz CT molecular complexity index is 166. The fourth-order valence-electron chi connectivity index (χ4n) is 0.806. The van der Waals surface area contributed by atoms with Gasteiger partial charge in [-0.15, -0.1) is 11.6 Å². The summed E-state index contributed by atoms with van der Waals surface area (Å²) in [7, 11) is 0. The minimum absolute atomic E-state index is 0.0563. The van der Waals surface area contributed by atoms with E-state index >= 15 is 0 Å². The normalized spacial score (nSPS) is 13.2. The number of rotatable bonds is 6. The summed E-state index contributed by atoms with van der Waals surface area (Å²) in [6.07, 6.45) is 5.84. The molecule has 0 amide bonds. The lowest BCUT2D eigenvalue weighted by atomic mass is 10.2. The molecule has 0 rings (SSSR count). The highest BCUT2D eigenvalue weighted by molar-refractivity contribution is 6.21. The van der Waals surface area contributed by atoms with E-state index in [1.807, 2.05) is 6.92 Å². The topological polar surface area (TPSA) is 26.3 Å². The van der Waals surface area contributed by atoms with Gasteiger partial charge in [-0.05, 0) is 12.8 Å². The number of alkyl halides is 1. The third-order valence-electron chi connectivity index (χ3n) is 1.45. The van der Waals surface area contributed by atoms with Crippen molar-refractivity contribution in [3.8, 4) is 0 Å². The molecule has 0 fully saturated rings. The summed E-state index contributed by atoms with van der Waals surface area (Å²) in [5.41, 5.74) is 0. The second-order valence-electron chi connectivity index (χ2n) is 2.83. The van der Waals surface area contributed by atoms with E-state index in [0.717, 1.165) is 19.3 Å². The summed E-state index contributed by atoms with van der Waals surface area (Å²) < 4.78 is 4.84. The van der Waals surface area contributed by atoms with Crippen LogP contribution in [-0.4, -0.2) is 18.0 Å². The number of carbonyl (C=O) groups is 1. The Labute approximate surface area is 84.9 Å². The number of hydrogen-bond acceptors (Lipinski definition) is 2. The first-order chi connectivity index (χ1) is 6.20. The second kappa shape index (κ2) is 8.11. The van der Waals surface area contributed by atoms with Crippen molar-refractivity contribution >= 4 is 17.6 Å². The molecule has 0 radical (unpaired) electrons. The van der Waals surface area contributed by atoms with Crippen LogP contribution in [0.25, 0.3) is 0 Å². The Balaban J connectivity index is 3.63. The minimum Gasteiger partial charge on any atom is -0.463 e. The van der Waals surface area contributed by atoms with Crippen LogP contribution in [0.3, 0.4) is 0 Å². The van der Waals surface area contributed by atoms with E-state index in [1.54, 1.807) is 6.08 Å². The molecular weight excluding hydrogens is 188 g/mol. The molecule has 76 valence electrons. The largest absolute Gasteiger partial charge is 0.463 e. The first kappa shape index (κ1) is 12.5. The second-order valence-corrected chi connectivity index (χ2v) is 3.39. The minimum atomic E-state index is -0.302. The molecule has 0 N–H and O–H groups in total. The van der Waals surface area contributed by atoms with Crippen LogP contribution < -0.4 is 0 Å². The number of allylic oxidation sites excluding steroid dienone is 1. The third-order valence-corrected chi connectivity index (χ3v) is 1.82. The van der Waals surface area contributed by atoms with Crippen molar-refractivity contribution in [3.63, 3.8) is 0 Å². The van der Waals surface area contributed by atoms with Crippen LogP contribution in [0.15, 0.2) is 12.2 Å². The Morgan fingerprint density at radius 2 is 2.15 bits per heavy atom. The van der Waals surface area contributed by atoms with E-state index < -0.39 is 0 Å². The van der Waals surface area contributed by atoms with E-state index in [0.29, 0.717) is 6.61 Å². The number of halogens is 1. The Morgan fingerprint density at radius 1 is 1.46 bits per heavy atom. The van der Waals surface area contributed by atoms with E-state index in [4.69, 9.17) is 16.3 Å². The molecule has 0 aliphatic carbocycles. The molecule has 1 unspecified atom stereocenters. The quantitative estimate of drug-likeness (QED) is 0.378. The average molecular weight is 205 g/mol. The highest BCUT2D eigenvalue weighted by atomic mass is 35.5. The third kappa shape index (κ3) is 7.85. The van der Waals surface area contributed by atoms with Crippen molar-refractivity contribution < 1.29 is 9.53 Å². The maximum atomic E-state index is 10.9. The van der Waals surface area contributed by atoms with Crippen molar-refractivity contribution in [2.75, 3.05) is 6.61 Å². The molecule has 0 heterocycles. The van der Waals surface area contributed by atoms with Gasteiger partial charge in [0, 0.05) is 6.08 Å². The van der Waals surface area contributed by atoms with Gasteiger partial charge in [0.1, 0.15) is 0 Å². The van der Waals surface area contributed by atoms with Gasteiger partial charge in [0.2, 0.25) is 0 Å². The van der Waals surface area contributed by atoms with E-state index in [2.05, 4.69) is 6.92 Å². The molecule has 13 heavy (non-hydrogen) atoms. The summed E-state index contributed by atoms with van der Waals surface area (Å²) >= 11 is 5.86. The number of ether oxygens (including phenoxy) is 1. The predicted molar refractivity (Wildman–Crippen MR) is 54.9 cm³/mol. The summed E-state index contributed by atoms with van der Waals surface area (Å²) in [6.45, 7) is 4.49. The smallest absolute Gasteiger partial charge is 0.330 e. The molecule has 0 aliphatic heterocycles. The molecular formula is C10H17ClO2. The molecule has 0 aromatic rings. The zero-order valence-corrected chi connectivity index (χ0v) is 9.01. The SMILES string of the molecule is CCCOC(=O)C=CC(Cl)CCC. The lowest BCUT2D eigenvalue weighted by molar-refractivity contribution is -0.137. The number of esters is 1. The van der Waals surface area contributed by atoms with Crippen LogP contribution >= 0.6 is 11.6 Å². The maximum Gasteiger partial charge on any atom is 0.330 e. The number of carbonyl (C=O) groups excluding carboxylic acids is 1. The van der Waals surface area contributed by atoms with Gasteiger partial charge < -0.3 is 4.74 Å². The van der Waals surface area contributed by atoms with Crippen LogP contribution in [0, 0.1) is 0 Å². The van der Waals surface area contributed by atoms with Crippen molar-refractivity contribution in [2.24, 2.45) is 0 Å². The Kier molecular flexibility index (Phi) is 7.80. The zero-order chi connectivity index (χ0) is 10.1. The van der Waals surface area contributed by atoms with Crippen LogP contribution in [0.4, 0.5) is 0 Å². The lowest BCUT2D eigenvalue weighted by Gasteiger charge is -2.00. The van der Waals surface area contributed by atoms with Gasteiger partial charge in [-0.1, -0.05) is 26.3 Å². The van der Waals surface area contributed by atoms with E-state index in [9.17, 15) is 4.79 Å². The van der Waals surface area contributed by atoms with Crippen molar-refractivity contribution in [3.05, 3.63) is 12.2 Å². The zero-order valence-electron chi connectivity index (χ0n) is 8.25. The molecule has 0 spiro atoms. The number of hydrogen-bond donors (Lipinski definition) is 0. The first-order valence-electron chi connectivity index (χ1n) is 4.69. The van der Waals surface area contributed by atoms with Crippen molar-refractivity contribution in [1.29, 1.82) is 0 Å². The van der Waals surface area contributed by atoms with Gasteiger partial charge in [0.15, 0.2) is 0 Å². The molecule has 3 heteroatoms. The predicted octanol–water partition coefficient (Wildman–Crippen LogP) is 2.90. The Hall–Kier alpha value is -0.500. The standard InChI is InChI=1S/C10H17ClO2/c1-3-5-9(11)6-7-10(12)13-8-4-2/h6-7,9H,3-5,8H2,1-2H3. The summed E-state index contributed by atoms with van der Waals surface area (Å²) in [6, 6.07) is 0. The van der Waals surface area contributed by atoms with Crippen molar-refractivity contribution in [2.45, 2.75) is 38.5 Å². The molecule has 0 aromatic carbocycles. The highest BCUT2D eigenvalue weighted by Crippen LogP contribution is 2.06. The van der Waals surface area contributed by atoms with Crippen LogP contribution in [0.2, 0.25) is 0 Å². The summed E-state index contributed by atoms with van der Waals surface area (Å²) in [5.74, 6) is -0.302. The van der Waals surface area contributed by atoms with Gasteiger partial charge in [-0.25, -0.2) is 4.79 Å². The fraction of sp³-hybridized carbons (Fsp3) is 0.700. The molecule has 0 bridgehead atoms. The van der Waals surface area contributed by atoms with Gasteiger partial charge in [0.05, 0.1) is 12.0 Å². The van der Waals surface area contributed by atoms with Crippen LogP contribution in [0.5, 0.6) is 0 Å². The van der Waals surface area contributed by atoms with Gasteiger partial charge >= 0.3 is 5.97 Å². The van der Waals surface area contributed by atoms with Gasteiger partial charge in [-0.3, -0.25) is 0 Å². The molecule has 0 aliphatic rings. The van der Waals surface area contributed by atoms with Gasteiger partial charge in [0.25, 0.3) is 0 Å². The molecule has 1 atom stereocenters. The monoisotopic (exact) mass is 204 g/mol. The summed E-state index contributed by atoms with van der Waals surface area (Å²) in [5, 5.41) is -0.0563. The lowest BCUT2D eigenvalue weighted by Crippen LogP contribution is -2.02. The van der Waals surface area contributed by atoms with Crippen LogP contribution in [0.1, 0.15) is 33.1 Å².